The van der Waals surface area contributed by atoms with E-state index in [0.717, 1.165) is 0 Å². The smallest absolute Gasteiger partial charge is 0.273 e. The Morgan fingerprint density at radius 1 is 1.48 bits per heavy atom. The Hall–Kier alpha value is -2.15. The summed E-state index contributed by atoms with van der Waals surface area (Å²) in [5.41, 5.74) is -0.0963. The molecular weight excluding hydrogens is 276 g/mol. The van der Waals surface area contributed by atoms with E-state index < -0.39 is 4.92 Å². The zero-order valence-electron chi connectivity index (χ0n) is 12.1. The van der Waals surface area contributed by atoms with Crippen molar-refractivity contribution < 1.29 is 19.6 Å². The summed E-state index contributed by atoms with van der Waals surface area (Å²) in [4.78, 5) is 21.8. The van der Waals surface area contributed by atoms with Gasteiger partial charge in [0, 0.05) is 6.07 Å². The van der Waals surface area contributed by atoms with Crippen LogP contribution in [0.5, 0.6) is 5.75 Å². The van der Waals surface area contributed by atoms with Crippen LogP contribution in [0.4, 0.5) is 5.69 Å². The quantitative estimate of drug-likeness (QED) is 0.559. The van der Waals surface area contributed by atoms with Crippen LogP contribution in [0.15, 0.2) is 24.3 Å². The molecule has 0 aromatic heterocycles. The van der Waals surface area contributed by atoms with Gasteiger partial charge in [0.25, 0.3) is 11.6 Å². The minimum Gasteiger partial charge on any atom is -0.484 e. The second-order valence-electron chi connectivity index (χ2n) is 5.12. The van der Waals surface area contributed by atoms with Gasteiger partial charge in [0.1, 0.15) is 5.75 Å². The van der Waals surface area contributed by atoms with Crippen molar-refractivity contribution in [2.75, 3.05) is 13.2 Å². The van der Waals surface area contributed by atoms with Crippen molar-refractivity contribution in [3.8, 4) is 5.75 Å². The molecule has 7 heteroatoms. The number of non-ortho nitro benzene ring substituents is 1. The number of carbonyl (C=O) groups excluding carboxylic acids is 1. The number of nitro groups is 1. The molecule has 0 bridgehead atoms. The van der Waals surface area contributed by atoms with Gasteiger partial charge in [0.2, 0.25) is 0 Å². The van der Waals surface area contributed by atoms with Gasteiger partial charge in [0.05, 0.1) is 23.6 Å². The Balaban J connectivity index is 2.49. The standard InChI is InChI=1S/C14H20N2O5/c1-10(2)6-11(8-17)15-14(18)9-21-13-5-3-4-12(7-13)16(19)20/h3-5,7,10-11,17H,6,8-9H2,1-2H3,(H,15,18). The number of hydrogen-bond acceptors (Lipinski definition) is 5. The van der Waals surface area contributed by atoms with E-state index in [4.69, 9.17) is 4.74 Å². The van der Waals surface area contributed by atoms with Crippen LogP contribution in [0, 0.1) is 16.0 Å². The van der Waals surface area contributed by atoms with Crippen molar-refractivity contribution in [2.45, 2.75) is 26.3 Å². The number of carbonyl (C=O) groups is 1. The summed E-state index contributed by atoms with van der Waals surface area (Å²) in [7, 11) is 0. The Kier molecular flexibility index (Phi) is 6.61. The highest BCUT2D eigenvalue weighted by atomic mass is 16.6. The average molecular weight is 296 g/mol. The van der Waals surface area contributed by atoms with Crippen molar-refractivity contribution in [1.82, 2.24) is 5.32 Å². The molecule has 0 fully saturated rings. The largest absolute Gasteiger partial charge is 0.484 e. The fourth-order valence-corrected chi connectivity index (χ4v) is 1.85. The van der Waals surface area contributed by atoms with Gasteiger partial charge in [-0.25, -0.2) is 0 Å². The molecule has 116 valence electrons. The summed E-state index contributed by atoms with van der Waals surface area (Å²) in [6.07, 6.45) is 0.666. The molecule has 0 saturated heterocycles. The van der Waals surface area contributed by atoms with Crippen LogP contribution in [0.25, 0.3) is 0 Å². The van der Waals surface area contributed by atoms with Crippen LogP contribution < -0.4 is 10.1 Å². The zero-order chi connectivity index (χ0) is 15.8. The van der Waals surface area contributed by atoms with Gasteiger partial charge < -0.3 is 15.2 Å². The first-order valence-electron chi connectivity index (χ1n) is 6.69. The van der Waals surface area contributed by atoms with E-state index in [0.29, 0.717) is 12.3 Å². The predicted molar refractivity (Wildman–Crippen MR) is 77.1 cm³/mol. The van der Waals surface area contributed by atoms with E-state index in [1.54, 1.807) is 0 Å². The SMILES string of the molecule is CC(C)CC(CO)NC(=O)COc1cccc([N+](=O)[O-])c1. The fourth-order valence-electron chi connectivity index (χ4n) is 1.85. The summed E-state index contributed by atoms with van der Waals surface area (Å²) in [5, 5.41) is 22.5. The molecule has 0 aliphatic heterocycles. The maximum atomic E-state index is 11.7. The zero-order valence-corrected chi connectivity index (χ0v) is 12.1. The second-order valence-corrected chi connectivity index (χ2v) is 5.12. The Morgan fingerprint density at radius 2 is 2.19 bits per heavy atom. The van der Waals surface area contributed by atoms with Crippen LogP contribution >= 0.6 is 0 Å². The molecule has 1 atom stereocenters. The minimum absolute atomic E-state index is 0.0963. The third-order valence-corrected chi connectivity index (χ3v) is 2.74. The fraction of sp³-hybridized carbons (Fsp3) is 0.500. The number of ether oxygens (including phenoxy) is 1. The van der Waals surface area contributed by atoms with Crippen LogP contribution in [0.3, 0.4) is 0 Å². The van der Waals surface area contributed by atoms with Gasteiger partial charge in [-0.15, -0.1) is 0 Å². The van der Waals surface area contributed by atoms with Gasteiger partial charge in [-0.2, -0.15) is 0 Å². The number of nitrogens with one attached hydrogen (secondary N) is 1. The summed E-state index contributed by atoms with van der Waals surface area (Å²) in [6, 6.07) is 5.31. The first-order chi connectivity index (χ1) is 9.92. The first-order valence-corrected chi connectivity index (χ1v) is 6.69. The van der Waals surface area contributed by atoms with Crippen molar-refractivity contribution in [3.63, 3.8) is 0 Å². The third kappa shape index (κ3) is 6.22. The number of hydrogen-bond donors (Lipinski definition) is 2. The molecule has 0 spiro atoms. The van der Waals surface area contributed by atoms with Gasteiger partial charge in [-0.3, -0.25) is 14.9 Å². The molecular formula is C14H20N2O5. The van der Waals surface area contributed by atoms with E-state index in [-0.39, 0.29) is 36.6 Å². The maximum absolute atomic E-state index is 11.7. The minimum atomic E-state index is -0.530. The number of nitrogens with zero attached hydrogens (tertiary/aromatic N) is 1. The van der Waals surface area contributed by atoms with Crippen LogP contribution in [0.2, 0.25) is 0 Å². The number of rotatable bonds is 8. The molecule has 1 unspecified atom stereocenters. The Bertz CT molecular complexity index is 490. The molecule has 1 rings (SSSR count). The van der Waals surface area contributed by atoms with E-state index >= 15 is 0 Å². The van der Waals surface area contributed by atoms with Crippen molar-refractivity contribution in [2.24, 2.45) is 5.92 Å². The topological polar surface area (TPSA) is 102 Å². The molecule has 0 heterocycles. The lowest BCUT2D eigenvalue weighted by Crippen LogP contribution is -2.40. The summed E-state index contributed by atoms with van der Waals surface area (Å²) in [5.74, 6) is 0.227. The second kappa shape index (κ2) is 8.21. The molecule has 0 radical (unpaired) electrons. The molecule has 1 aromatic carbocycles. The number of benzene rings is 1. The molecule has 1 amide bonds. The lowest BCUT2D eigenvalue weighted by molar-refractivity contribution is -0.384. The lowest BCUT2D eigenvalue weighted by Gasteiger charge is -2.18. The highest BCUT2D eigenvalue weighted by Gasteiger charge is 2.14. The molecule has 7 nitrogen and oxygen atoms in total. The predicted octanol–water partition coefficient (Wildman–Crippen LogP) is 1.50. The molecule has 0 aliphatic carbocycles. The first kappa shape index (κ1) is 16.9. The van der Waals surface area contributed by atoms with Crippen LogP contribution in [-0.4, -0.2) is 35.2 Å². The monoisotopic (exact) mass is 296 g/mol. The molecule has 0 saturated carbocycles. The number of aliphatic hydroxyl groups is 1. The summed E-state index contributed by atoms with van der Waals surface area (Å²) >= 11 is 0. The average Bonchev–Trinajstić information content (AvgIpc) is 2.44. The Labute approximate surface area is 123 Å². The number of amides is 1. The highest BCUT2D eigenvalue weighted by Crippen LogP contribution is 2.18. The Morgan fingerprint density at radius 3 is 2.76 bits per heavy atom. The third-order valence-electron chi connectivity index (χ3n) is 2.74. The van der Waals surface area contributed by atoms with E-state index in [1.807, 2.05) is 13.8 Å². The number of nitro benzene ring substituents is 1. The molecule has 21 heavy (non-hydrogen) atoms. The van der Waals surface area contributed by atoms with E-state index in [9.17, 15) is 20.0 Å². The summed E-state index contributed by atoms with van der Waals surface area (Å²) < 4.78 is 5.21. The molecule has 0 aliphatic rings. The van der Waals surface area contributed by atoms with Crippen molar-refractivity contribution in [3.05, 3.63) is 34.4 Å². The van der Waals surface area contributed by atoms with Crippen LogP contribution in [-0.2, 0) is 4.79 Å². The maximum Gasteiger partial charge on any atom is 0.273 e. The highest BCUT2D eigenvalue weighted by molar-refractivity contribution is 5.77. The summed E-state index contributed by atoms with van der Waals surface area (Å²) in [6.45, 7) is 3.60. The molecule has 1 aromatic rings. The van der Waals surface area contributed by atoms with Gasteiger partial charge >= 0.3 is 0 Å². The molecule has 2 N–H and O–H groups in total. The number of aliphatic hydroxyl groups excluding tert-OH is 1. The van der Waals surface area contributed by atoms with Crippen LogP contribution in [0.1, 0.15) is 20.3 Å². The van der Waals surface area contributed by atoms with Crippen molar-refractivity contribution >= 4 is 11.6 Å². The van der Waals surface area contributed by atoms with Gasteiger partial charge in [-0.05, 0) is 18.4 Å². The van der Waals surface area contributed by atoms with Crippen molar-refractivity contribution in [1.29, 1.82) is 0 Å². The van der Waals surface area contributed by atoms with Gasteiger partial charge in [-0.1, -0.05) is 19.9 Å². The van der Waals surface area contributed by atoms with E-state index in [2.05, 4.69) is 5.32 Å². The lowest BCUT2D eigenvalue weighted by atomic mass is 10.0. The van der Waals surface area contributed by atoms with Gasteiger partial charge in [0.15, 0.2) is 6.61 Å². The van der Waals surface area contributed by atoms with E-state index in [1.165, 1.54) is 24.3 Å². The normalized spacial score (nSPS) is 12.0.